The number of carbonyl (C=O) groups excluding carboxylic acids is 2. The van der Waals surface area contributed by atoms with Gasteiger partial charge in [-0.2, -0.15) is 11.8 Å². The van der Waals surface area contributed by atoms with Gasteiger partial charge in [-0.25, -0.2) is 14.0 Å². The molecular formula is C24H29FN2O5S. The van der Waals surface area contributed by atoms with E-state index < -0.39 is 18.1 Å². The Morgan fingerprint density at radius 2 is 1.82 bits per heavy atom. The van der Waals surface area contributed by atoms with Crippen LogP contribution in [0.2, 0.25) is 0 Å². The van der Waals surface area contributed by atoms with Crippen molar-refractivity contribution in [2.45, 2.75) is 24.9 Å². The van der Waals surface area contributed by atoms with Crippen LogP contribution in [0.5, 0.6) is 11.5 Å². The van der Waals surface area contributed by atoms with Crippen LogP contribution in [-0.4, -0.2) is 62.8 Å². The molecule has 2 aromatic carbocycles. The molecule has 0 saturated carbocycles. The number of halogens is 1. The van der Waals surface area contributed by atoms with Crippen molar-refractivity contribution in [3.63, 3.8) is 0 Å². The summed E-state index contributed by atoms with van der Waals surface area (Å²) in [4.78, 5) is 27.3. The van der Waals surface area contributed by atoms with Crippen LogP contribution in [0.1, 0.15) is 29.2 Å². The lowest BCUT2D eigenvalue weighted by molar-refractivity contribution is -0.142. The van der Waals surface area contributed by atoms with Gasteiger partial charge in [0.25, 0.3) is 0 Å². The van der Waals surface area contributed by atoms with Gasteiger partial charge in [0.15, 0.2) is 11.5 Å². The molecule has 1 heterocycles. The number of nitrogens with one attached hydrogen (secondary N) is 1. The number of carbonyl (C=O) groups is 2. The second-order valence-corrected chi connectivity index (χ2v) is 8.60. The monoisotopic (exact) mass is 476 g/mol. The molecule has 2 atom stereocenters. The highest BCUT2D eigenvalue weighted by Gasteiger charge is 2.35. The van der Waals surface area contributed by atoms with Gasteiger partial charge in [0.05, 0.1) is 27.4 Å². The van der Waals surface area contributed by atoms with Crippen LogP contribution in [0.4, 0.5) is 9.18 Å². The van der Waals surface area contributed by atoms with Gasteiger partial charge in [0.1, 0.15) is 11.9 Å². The van der Waals surface area contributed by atoms with E-state index in [1.807, 2.05) is 18.4 Å². The average Bonchev–Trinajstić information content (AvgIpc) is 2.84. The van der Waals surface area contributed by atoms with Gasteiger partial charge < -0.3 is 24.4 Å². The number of ether oxygens (including phenoxy) is 3. The first kappa shape index (κ1) is 24.7. The molecule has 3 rings (SSSR count). The Kier molecular flexibility index (Phi) is 8.43. The Morgan fingerprint density at radius 3 is 2.42 bits per heavy atom. The number of hydrogen-bond acceptors (Lipinski definition) is 6. The highest BCUT2D eigenvalue weighted by Crippen LogP contribution is 2.41. The van der Waals surface area contributed by atoms with Gasteiger partial charge in [-0.3, -0.25) is 0 Å². The Morgan fingerprint density at radius 1 is 1.15 bits per heavy atom. The molecule has 0 saturated heterocycles. The molecule has 0 spiro atoms. The van der Waals surface area contributed by atoms with E-state index in [4.69, 9.17) is 14.2 Å². The van der Waals surface area contributed by atoms with Gasteiger partial charge in [0.2, 0.25) is 0 Å². The highest BCUT2D eigenvalue weighted by atomic mass is 32.2. The van der Waals surface area contributed by atoms with E-state index in [1.165, 1.54) is 19.2 Å². The zero-order chi connectivity index (χ0) is 24.0. The molecule has 0 fully saturated rings. The second-order valence-electron chi connectivity index (χ2n) is 7.61. The van der Waals surface area contributed by atoms with Crippen LogP contribution in [0.15, 0.2) is 36.4 Å². The standard InChI is InChI=1S/C24H29FN2O5S/c1-30-20-13-16-9-11-27(24(29)26-19(10-12-33-4)23(28)32-3)22(18(16)14-21(20)31-2)15-5-7-17(25)8-6-15/h5-8,13-14,19,22H,9-12H2,1-4H3,(H,26,29)/t19-,22+/m0/s1. The van der Waals surface area contributed by atoms with Crippen molar-refractivity contribution in [2.75, 3.05) is 39.9 Å². The predicted molar refractivity (Wildman–Crippen MR) is 126 cm³/mol. The van der Waals surface area contributed by atoms with E-state index in [0.29, 0.717) is 36.6 Å². The van der Waals surface area contributed by atoms with Crippen molar-refractivity contribution in [3.8, 4) is 11.5 Å². The summed E-state index contributed by atoms with van der Waals surface area (Å²) in [7, 11) is 4.43. The smallest absolute Gasteiger partial charge is 0.328 e. The summed E-state index contributed by atoms with van der Waals surface area (Å²) in [5.41, 5.74) is 2.62. The topological polar surface area (TPSA) is 77.1 Å². The first-order chi connectivity index (χ1) is 15.9. The predicted octanol–water partition coefficient (Wildman–Crippen LogP) is 3.79. The largest absolute Gasteiger partial charge is 0.493 e. The average molecular weight is 477 g/mol. The van der Waals surface area contributed by atoms with E-state index >= 15 is 0 Å². The molecule has 1 aliphatic rings. The molecule has 33 heavy (non-hydrogen) atoms. The molecule has 2 amide bonds. The lowest BCUT2D eigenvalue weighted by Gasteiger charge is -2.38. The van der Waals surface area contributed by atoms with E-state index in [-0.39, 0.29) is 11.8 Å². The second kappa shape index (κ2) is 11.3. The van der Waals surface area contributed by atoms with Crippen molar-refractivity contribution >= 4 is 23.8 Å². The van der Waals surface area contributed by atoms with Crippen LogP contribution < -0.4 is 14.8 Å². The minimum absolute atomic E-state index is 0.360. The van der Waals surface area contributed by atoms with Gasteiger partial charge in [-0.15, -0.1) is 0 Å². The number of nitrogens with zero attached hydrogens (tertiary/aromatic N) is 1. The van der Waals surface area contributed by atoms with Crippen molar-refractivity contribution in [1.82, 2.24) is 10.2 Å². The molecule has 7 nitrogen and oxygen atoms in total. The molecule has 1 N–H and O–H groups in total. The molecule has 0 aromatic heterocycles. The minimum atomic E-state index is -0.754. The van der Waals surface area contributed by atoms with E-state index in [9.17, 15) is 14.0 Å². The van der Waals surface area contributed by atoms with Crippen LogP contribution in [-0.2, 0) is 16.0 Å². The maximum atomic E-state index is 13.7. The molecule has 9 heteroatoms. The fraction of sp³-hybridized carbons (Fsp3) is 0.417. The summed E-state index contributed by atoms with van der Waals surface area (Å²) in [6.07, 6.45) is 2.98. The quantitative estimate of drug-likeness (QED) is 0.584. The SMILES string of the molecule is COC(=O)[C@H](CCSC)NC(=O)N1CCc2cc(OC)c(OC)cc2[C@H]1c1ccc(F)cc1. The lowest BCUT2D eigenvalue weighted by Crippen LogP contribution is -2.51. The maximum Gasteiger partial charge on any atom is 0.328 e. The van der Waals surface area contributed by atoms with E-state index in [0.717, 1.165) is 16.7 Å². The molecule has 0 bridgehead atoms. The van der Waals surface area contributed by atoms with Crippen LogP contribution in [0, 0.1) is 5.82 Å². The molecule has 0 radical (unpaired) electrons. The summed E-state index contributed by atoms with van der Waals surface area (Å²) < 4.78 is 29.5. The Bertz CT molecular complexity index is 986. The molecule has 2 aromatic rings. The van der Waals surface area contributed by atoms with E-state index in [2.05, 4.69) is 5.32 Å². The number of rotatable bonds is 8. The fourth-order valence-electron chi connectivity index (χ4n) is 4.03. The number of methoxy groups -OCH3 is 3. The summed E-state index contributed by atoms with van der Waals surface area (Å²) in [6.45, 7) is 0.410. The molecule has 0 unspecified atom stereocenters. The number of esters is 1. The number of fused-ring (bicyclic) bond motifs is 1. The normalized spacial score (nSPS) is 15.9. The highest BCUT2D eigenvalue weighted by molar-refractivity contribution is 7.98. The molecule has 1 aliphatic heterocycles. The molecular weight excluding hydrogens is 447 g/mol. The minimum Gasteiger partial charge on any atom is -0.493 e. The Balaban J connectivity index is 2.01. The van der Waals surface area contributed by atoms with Gasteiger partial charge >= 0.3 is 12.0 Å². The van der Waals surface area contributed by atoms with Crippen LogP contribution in [0.3, 0.4) is 0 Å². The number of benzene rings is 2. The molecule has 0 aliphatic carbocycles. The number of amides is 2. The molecule has 178 valence electrons. The Labute approximate surface area is 197 Å². The Hall–Kier alpha value is -2.94. The van der Waals surface area contributed by atoms with Crippen molar-refractivity contribution < 1.29 is 28.2 Å². The zero-order valence-corrected chi connectivity index (χ0v) is 20.0. The van der Waals surface area contributed by atoms with E-state index in [1.54, 1.807) is 43.0 Å². The third-order valence-corrected chi connectivity index (χ3v) is 6.36. The number of hydrogen-bond donors (Lipinski definition) is 1. The first-order valence-electron chi connectivity index (χ1n) is 10.6. The maximum absolute atomic E-state index is 13.7. The third kappa shape index (κ3) is 5.52. The van der Waals surface area contributed by atoms with Gasteiger partial charge in [-0.05, 0) is 65.8 Å². The number of thioether (sulfide) groups is 1. The van der Waals surface area contributed by atoms with Gasteiger partial charge in [-0.1, -0.05) is 12.1 Å². The zero-order valence-electron chi connectivity index (χ0n) is 19.2. The first-order valence-corrected chi connectivity index (χ1v) is 12.0. The van der Waals surface area contributed by atoms with Crippen LogP contribution >= 0.6 is 11.8 Å². The number of urea groups is 1. The van der Waals surface area contributed by atoms with Crippen molar-refractivity contribution in [1.29, 1.82) is 0 Å². The summed E-state index contributed by atoms with van der Waals surface area (Å²) in [6, 6.07) is 8.20. The van der Waals surface area contributed by atoms with Crippen molar-refractivity contribution in [2.24, 2.45) is 0 Å². The summed E-state index contributed by atoms with van der Waals surface area (Å²) in [5.74, 6) is 0.995. The van der Waals surface area contributed by atoms with Crippen molar-refractivity contribution in [3.05, 3.63) is 58.9 Å². The fourth-order valence-corrected chi connectivity index (χ4v) is 4.50. The summed E-state index contributed by atoms with van der Waals surface area (Å²) in [5, 5.41) is 2.83. The summed E-state index contributed by atoms with van der Waals surface area (Å²) >= 11 is 1.58. The third-order valence-electron chi connectivity index (χ3n) is 5.71. The van der Waals surface area contributed by atoms with Crippen LogP contribution in [0.25, 0.3) is 0 Å². The van der Waals surface area contributed by atoms with Gasteiger partial charge in [0, 0.05) is 6.54 Å². The lowest BCUT2D eigenvalue weighted by atomic mass is 9.87.